The molecule has 9 nitrogen and oxygen atoms in total. The topological polar surface area (TPSA) is 99.1 Å². The van der Waals surface area contributed by atoms with E-state index in [0.717, 1.165) is 5.56 Å². The van der Waals surface area contributed by atoms with Crippen molar-refractivity contribution in [1.82, 2.24) is 14.8 Å². The fourth-order valence-corrected chi connectivity index (χ4v) is 5.37. The van der Waals surface area contributed by atoms with E-state index in [4.69, 9.17) is 11.3 Å². The van der Waals surface area contributed by atoms with Gasteiger partial charge in [0, 0.05) is 29.2 Å². The second-order valence-corrected chi connectivity index (χ2v) is 10.6. The molecule has 10 heteroatoms. The third-order valence-corrected chi connectivity index (χ3v) is 7.52. The van der Waals surface area contributed by atoms with Gasteiger partial charge in [-0.3, -0.25) is 24.1 Å². The highest BCUT2D eigenvalue weighted by Crippen LogP contribution is 2.37. The molecule has 3 heterocycles. The van der Waals surface area contributed by atoms with Gasteiger partial charge >= 0.3 is 6.17 Å². The third-order valence-electron chi connectivity index (χ3n) is 7.52. The zero-order chi connectivity index (χ0) is 27.9. The molecule has 3 aromatic rings. The Morgan fingerprint density at radius 1 is 1.26 bits per heavy atom. The lowest BCUT2D eigenvalue weighted by Crippen LogP contribution is -2.53. The molecule has 202 valence electrons. The summed E-state index contributed by atoms with van der Waals surface area (Å²) in [6.07, 6.45) is -0.567. The molecule has 0 aliphatic carbocycles. The number of aromatic nitrogens is 1. The number of para-hydroxylation sites is 1. The molecule has 0 bridgehead atoms. The fraction of sp³-hybridized carbons (Fsp3) is 0.379. The first kappa shape index (κ1) is 26.4. The fourth-order valence-electron chi connectivity index (χ4n) is 5.37. The summed E-state index contributed by atoms with van der Waals surface area (Å²) in [6, 6.07) is 12.4. The van der Waals surface area contributed by atoms with Crippen molar-refractivity contribution in [2.45, 2.75) is 51.1 Å². The number of rotatable bonds is 5. The third kappa shape index (κ3) is 4.74. The van der Waals surface area contributed by atoms with E-state index in [1.165, 1.54) is 29.0 Å². The highest BCUT2D eigenvalue weighted by atomic mass is 19.1. The summed E-state index contributed by atoms with van der Waals surface area (Å²) in [4.78, 5) is 50.2. The number of anilines is 1. The molecule has 1 fully saturated rings. The number of fused-ring (bicyclic) bond motifs is 2. The Morgan fingerprint density at radius 3 is 2.74 bits per heavy atom. The largest absolute Gasteiger partial charge is 0.358 e. The number of likely N-dealkylation sites (N-methyl/N-ethyl adjacent to an activating group) is 1. The van der Waals surface area contributed by atoms with E-state index in [0.29, 0.717) is 17.6 Å². The number of hydrogen-bond acceptors (Lipinski definition) is 4. The van der Waals surface area contributed by atoms with Crippen molar-refractivity contribution in [1.29, 1.82) is 0 Å². The predicted molar refractivity (Wildman–Crippen MR) is 143 cm³/mol. The lowest BCUT2D eigenvalue weighted by atomic mass is 10.0. The minimum atomic E-state index is -1.39. The number of H-pyrrole nitrogens is 1. The minimum Gasteiger partial charge on any atom is -0.358 e. The lowest BCUT2D eigenvalue weighted by molar-refractivity contribution is -0.144. The van der Waals surface area contributed by atoms with Crippen LogP contribution in [0.2, 0.25) is 0 Å². The Kier molecular flexibility index (Phi) is 6.87. The molecule has 5 rings (SSSR count). The molecule has 1 spiro atoms. The van der Waals surface area contributed by atoms with E-state index < -0.39 is 41.3 Å². The summed E-state index contributed by atoms with van der Waals surface area (Å²) in [5, 5.41) is 3.18. The van der Waals surface area contributed by atoms with Crippen LogP contribution in [0.3, 0.4) is 0 Å². The highest BCUT2D eigenvalue weighted by Gasteiger charge is 2.57. The van der Waals surface area contributed by atoms with Gasteiger partial charge in [-0.1, -0.05) is 38.1 Å². The first-order valence-electron chi connectivity index (χ1n) is 12.9. The van der Waals surface area contributed by atoms with Gasteiger partial charge in [0.1, 0.15) is 17.6 Å². The molecule has 1 saturated heterocycles. The summed E-state index contributed by atoms with van der Waals surface area (Å²) < 4.78 is 20.4. The number of carbonyl (C=O) groups excluding carboxylic acids is 3. The number of benzene rings is 2. The van der Waals surface area contributed by atoms with Gasteiger partial charge < -0.3 is 19.9 Å². The van der Waals surface area contributed by atoms with Crippen LogP contribution in [0, 0.1) is 18.3 Å². The first-order valence-corrected chi connectivity index (χ1v) is 12.9. The standard InChI is InChI=1S/C29H30FN5O4/c1-17(2)12-24(34(4)26(36)23-13-19-20(30)9-7-11-22(19)32-23)27(37)35-16-29(14-25(35)31-3)28(38)33-21-10-6-5-8-18(21)15-39-29/h5-11,13,17,24-25,32H,12,14-16H2,1-2,4H3,(H,33,38)/t24-,25-,29?/m0/s1. The normalized spacial score (nSPS) is 21.4. The minimum absolute atomic E-state index is 0.0232. The van der Waals surface area contributed by atoms with Crippen LogP contribution in [0.5, 0.6) is 0 Å². The summed E-state index contributed by atoms with van der Waals surface area (Å²) in [6.45, 7) is 11.7. The van der Waals surface area contributed by atoms with Crippen LogP contribution in [0.25, 0.3) is 15.7 Å². The number of likely N-dealkylation sites (tertiary alicyclic amines) is 1. The molecule has 0 saturated carbocycles. The van der Waals surface area contributed by atoms with Crippen molar-refractivity contribution >= 4 is 34.3 Å². The smallest absolute Gasteiger partial charge is 0.304 e. The summed E-state index contributed by atoms with van der Waals surface area (Å²) in [5.74, 6) is -1.72. The van der Waals surface area contributed by atoms with Crippen molar-refractivity contribution in [2.24, 2.45) is 5.92 Å². The van der Waals surface area contributed by atoms with E-state index in [-0.39, 0.29) is 36.6 Å². The van der Waals surface area contributed by atoms with Crippen molar-refractivity contribution in [3.63, 3.8) is 0 Å². The van der Waals surface area contributed by atoms with Crippen LogP contribution in [-0.4, -0.2) is 63.9 Å². The summed E-state index contributed by atoms with van der Waals surface area (Å²) in [5.41, 5.74) is 0.698. The Labute approximate surface area is 225 Å². The zero-order valence-corrected chi connectivity index (χ0v) is 22.0. The van der Waals surface area contributed by atoms with Crippen LogP contribution in [0.1, 0.15) is 42.7 Å². The summed E-state index contributed by atoms with van der Waals surface area (Å²) in [7, 11) is 1.53. The van der Waals surface area contributed by atoms with Crippen molar-refractivity contribution in [2.75, 3.05) is 18.9 Å². The van der Waals surface area contributed by atoms with Gasteiger partial charge in [-0.15, -0.1) is 0 Å². The molecule has 3 amide bonds. The molecular formula is C29H30FN5O4. The average Bonchev–Trinajstić information content (AvgIpc) is 3.50. The van der Waals surface area contributed by atoms with Crippen LogP contribution >= 0.6 is 0 Å². The number of aromatic amines is 1. The number of halogens is 1. The maximum Gasteiger partial charge on any atom is 0.304 e. The molecule has 1 unspecified atom stereocenters. The van der Waals surface area contributed by atoms with E-state index in [1.54, 1.807) is 18.2 Å². The maximum atomic E-state index is 14.3. The molecule has 0 radical (unpaired) electrons. The van der Waals surface area contributed by atoms with Gasteiger partial charge in [-0.2, -0.15) is 0 Å². The van der Waals surface area contributed by atoms with Gasteiger partial charge in [-0.05, 0) is 36.6 Å². The summed E-state index contributed by atoms with van der Waals surface area (Å²) >= 11 is 0. The van der Waals surface area contributed by atoms with Crippen LogP contribution < -0.4 is 5.32 Å². The molecule has 2 N–H and O–H groups in total. The van der Waals surface area contributed by atoms with Gasteiger partial charge in [-0.25, -0.2) is 11.0 Å². The van der Waals surface area contributed by atoms with E-state index in [1.807, 2.05) is 32.0 Å². The maximum absolute atomic E-state index is 14.3. The lowest BCUT2D eigenvalue weighted by Gasteiger charge is -2.32. The number of ether oxygens (including phenoxy) is 1. The number of nitrogens with zero attached hydrogens (tertiary/aromatic N) is 3. The Bertz CT molecular complexity index is 1490. The zero-order valence-electron chi connectivity index (χ0n) is 22.0. The molecule has 39 heavy (non-hydrogen) atoms. The molecule has 2 aromatic carbocycles. The van der Waals surface area contributed by atoms with Crippen LogP contribution in [0.15, 0.2) is 48.5 Å². The molecular weight excluding hydrogens is 501 g/mol. The van der Waals surface area contributed by atoms with Gasteiger partial charge in [0.2, 0.25) is 0 Å². The molecule has 2 aliphatic heterocycles. The second-order valence-electron chi connectivity index (χ2n) is 10.6. The van der Waals surface area contributed by atoms with E-state index in [9.17, 15) is 18.8 Å². The monoisotopic (exact) mass is 531 g/mol. The van der Waals surface area contributed by atoms with E-state index >= 15 is 0 Å². The first-order chi connectivity index (χ1) is 18.6. The van der Waals surface area contributed by atoms with Crippen LogP contribution in [-0.2, 0) is 20.9 Å². The molecule has 3 atom stereocenters. The predicted octanol–water partition coefficient (Wildman–Crippen LogP) is 4.18. The Hall–Kier alpha value is -4.23. The number of hydrogen-bond donors (Lipinski definition) is 2. The van der Waals surface area contributed by atoms with Crippen LogP contribution in [0.4, 0.5) is 10.1 Å². The van der Waals surface area contributed by atoms with Gasteiger partial charge in [0.25, 0.3) is 17.7 Å². The number of nitrogens with one attached hydrogen (secondary N) is 2. The number of carbonyl (C=O) groups is 3. The van der Waals surface area contributed by atoms with Crippen molar-refractivity contribution in [3.05, 3.63) is 77.0 Å². The average molecular weight is 532 g/mol. The molecule has 1 aromatic heterocycles. The van der Waals surface area contributed by atoms with E-state index in [2.05, 4.69) is 15.1 Å². The van der Waals surface area contributed by atoms with Gasteiger partial charge in [0.05, 0.1) is 19.6 Å². The highest BCUT2D eigenvalue weighted by molar-refractivity contribution is 6.02. The number of amides is 3. The second kappa shape index (κ2) is 10.2. The quantitative estimate of drug-likeness (QED) is 0.483. The van der Waals surface area contributed by atoms with Crippen molar-refractivity contribution in [3.8, 4) is 0 Å². The SMILES string of the molecule is [C-]#[N+][C@@H]1CC2(CN1C(=O)[C@H](CC(C)C)N(C)C(=O)c1cc3c(F)cccc3[nH]1)OCc1ccccc1NC2=O. The Balaban J connectivity index is 1.42. The Morgan fingerprint density at radius 2 is 2.03 bits per heavy atom. The van der Waals surface area contributed by atoms with Crippen molar-refractivity contribution < 1.29 is 23.5 Å². The van der Waals surface area contributed by atoms with Gasteiger partial charge in [0.15, 0.2) is 5.60 Å². The molecule has 2 aliphatic rings.